The van der Waals surface area contributed by atoms with Gasteiger partial charge >= 0.3 is 0 Å². The van der Waals surface area contributed by atoms with Crippen LogP contribution in [0.3, 0.4) is 0 Å². The van der Waals surface area contributed by atoms with Gasteiger partial charge in [0.25, 0.3) is 0 Å². The molecule has 1 aromatic carbocycles. The summed E-state index contributed by atoms with van der Waals surface area (Å²) in [6.07, 6.45) is 5.19. The van der Waals surface area contributed by atoms with E-state index in [2.05, 4.69) is 94.8 Å². The summed E-state index contributed by atoms with van der Waals surface area (Å²) in [4.78, 5) is 18.6. The van der Waals surface area contributed by atoms with Crippen LogP contribution >= 0.6 is 0 Å². The number of hydrogen-bond acceptors (Lipinski definition) is 6. The first kappa shape index (κ1) is 18.7. The van der Waals surface area contributed by atoms with Crippen LogP contribution in [0, 0.1) is 6.92 Å². The van der Waals surface area contributed by atoms with Gasteiger partial charge in [-0.2, -0.15) is 0 Å². The van der Waals surface area contributed by atoms with Gasteiger partial charge in [-0.15, -0.1) is 0 Å². The molecule has 30 heavy (non-hydrogen) atoms. The predicted molar refractivity (Wildman–Crippen MR) is 124 cm³/mol. The van der Waals surface area contributed by atoms with E-state index in [4.69, 9.17) is 0 Å². The smallest absolute Gasteiger partial charge is 0.153 e. The summed E-state index contributed by atoms with van der Waals surface area (Å²) in [5.41, 5.74) is 6.03. The second kappa shape index (κ2) is 6.90. The van der Waals surface area contributed by atoms with Gasteiger partial charge in [-0.3, -0.25) is 0 Å². The van der Waals surface area contributed by atoms with Crippen molar-refractivity contribution in [1.29, 1.82) is 0 Å². The van der Waals surface area contributed by atoms with Crippen molar-refractivity contribution < 1.29 is 0 Å². The van der Waals surface area contributed by atoms with Crippen molar-refractivity contribution in [2.24, 2.45) is 0 Å². The van der Waals surface area contributed by atoms with Crippen LogP contribution in [0.1, 0.15) is 25.8 Å². The molecule has 6 nitrogen and oxygen atoms in total. The maximum absolute atomic E-state index is 4.65. The molecular formula is C24H28N6. The van der Waals surface area contributed by atoms with E-state index >= 15 is 0 Å². The Morgan fingerprint density at radius 1 is 0.767 bits per heavy atom. The van der Waals surface area contributed by atoms with Gasteiger partial charge in [0.1, 0.15) is 12.3 Å². The fourth-order valence-corrected chi connectivity index (χ4v) is 4.93. The first-order chi connectivity index (χ1) is 14.5. The molecule has 6 heteroatoms. The first-order valence-corrected chi connectivity index (χ1v) is 10.6. The van der Waals surface area contributed by atoms with Crippen LogP contribution in [0.2, 0.25) is 0 Å². The summed E-state index contributed by atoms with van der Waals surface area (Å²) in [5, 5.41) is 0. The lowest BCUT2D eigenvalue weighted by Crippen LogP contribution is -2.39. The fourth-order valence-electron chi connectivity index (χ4n) is 4.93. The molecule has 0 bridgehead atoms. The number of aromatic nitrogens is 2. The molecule has 5 rings (SSSR count). The van der Waals surface area contributed by atoms with Crippen molar-refractivity contribution in [2.45, 2.75) is 39.5 Å². The van der Waals surface area contributed by atoms with Crippen molar-refractivity contribution in [3.63, 3.8) is 0 Å². The van der Waals surface area contributed by atoms with E-state index in [-0.39, 0.29) is 12.3 Å². The highest BCUT2D eigenvalue weighted by Gasteiger charge is 2.37. The van der Waals surface area contributed by atoms with E-state index in [1.165, 1.54) is 22.6 Å². The highest BCUT2D eigenvalue weighted by Crippen LogP contribution is 2.48. The van der Waals surface area contributed by atoms with Crippen molar-refractivity contribution in [3.05, 3.63) is 60.4 Å². The van der Waals surface area contributed by atoms with E-state index in [9.17, 15) is 0 Å². The molecule has 4 heterocycles. The molecule has 154 valence electrons. The van der Waals surface area contributed by atoms with Crippen LogP contribution in [0.25, 0.3) is 0 Å². The van der Waals surface area contributed by atoms with Crippen molar-refractivity contribution in [3.8, 4) is 0 Å². The topological polar surface area (TPSA) is 38.7 Å². The molecule has 2 aliphatic heterocycles. The van der Waals surface area contributed by atoms with Crippen molar-refractivity contribution >= 4 is 34.4 Å². The molecule has 3 aromatic rings. The molecule has 0 radical (unpaired) electrons. The molecule has 2 atom stereocenters. The summed E-state index contributed by atoms with van der Waals surface area (Å²) in [6.45, 7) is 6.69. The van der Waals surface area contributed by atoms with Gasteiger partial charge in [-0.25, -0.2) is 9.97 Å². The Kier molecular flexibility index (Phi) is 4.31. The van der Waals surface area contributed by atoms with Crippen LogP contribution in [0.5, 0.6) is 0 Å². The van der Waals surface area contributed by atoms with Crippen LogP contribution in [-0.2, 0) is 0 Å². The monoisotopic (exact) mass is 400 g/mol. The van der Waals surface area contributed by atoms with Crippen LogP contribution < -0.4 is 19.6 Å². The van der Waals surface area contributed by atoms with Gasteiger partial charge in [0.2, 0.25) is 0 Å². The highest BCUT2D eigenvalue weighted by atomic mass is 15.4. The maximum atomic E-state index is 4.65. The molecule has 2 aromatic heterocycles. The zero-order valence-electron chi connectivity index (χ0n) is 18.2. The normalized spacial score (nSPS) is 20.0. The van der Waals surface area contributed by atoms with Gasteiger partial charge in [-0.05, 0) is 62.2 Å². The minimum absolute atomic E-state index is 0.195. The third kappa shape index (κ3) is 2.49. The molecule has 0 fully saturated rings. The summed E-state index contributed by atoms with van der Waals surface area (Å²) in [5.74, 6) is 2.06. The Morgan fingerprint density at radius 3 is 1.93 bits per heavy atom. The molecule has 2 aliphatic rings. The summed E-state index contributed by atoms with van der Waals surface area (Å²) < 4.78 is 0. The number of hydrogen-bond donors (Lipinski definition) is 0. The summed E-state index contributed by atoms with van der Waals surface area (Å²) in [6, 6.07) is 15.0. The van der Waals surface area contributed by atoms with Crippen LogP contribution in [0.4, 0.5) is 34.4 Å². The zero-order chi connectivity index (χ0) is 21.0. The Bertz CT molecular complexity index is 1100. The number of anilines is 6. The third-order valence-electron chi connectivity index (χ3n) is 6.56. The first-order valence-electron chi connectivity index (χ1n) is 10.6. The Balaban J connectivity index is 1.65. The SMILES string of the molecule is CCC1N(C)c2ncccc2N1c1cccc(N2c3cccnc3N(C)C2C)c1C. The lowest BCUT2D eigenvalue weighted by molar-refractivity contribution is 0.643. The number of fused-ring (bicyclic) bond motifs is 2. The fraction of sp³-hybridized carbons (Fsp3) is 0.333. The molecule has 0 spiro atoms. The highest BCUT2D eigenvalue weighted by molar-refractivity contribution is 5.87. The molecule has 0 saturated carbocycles. The Morgan fingerprint density at radius 2 is 1.30 bits per heavy atom. The molecule has 0 N–H and O–H groups in total. The molecule has 0 saturated heterocycles. The van der Waals surface area contributed by atoms with Crippen LogP contribution in [-0.4, -0.2) is 36.4 Å². The van der Waals surface area contributed by atoms with E-state index in [1.54, 1.807) is 0 Å². The van der Waals surface area contributed by atoms with E-state index in [0.29, 0.717) is 0 Å². The number of pyridine rings is 2. The van der Waals surface area contributed by atoms with E-state index in [0.717, 1.165) is 23.7 Å². The quantitative estimate of drug-likeness (QED) is 0.613. The average molecular weight is 401 g/mol. The Labute approximate surface area is 178 Å². The van der Waals surface area contributed by atoms with Gasteiger partial charge in [0.15, 0.2) is 11.6 Å². The van der Waals surface area contributed by atoms with Gasteiger partial charge in [0.05, 0.1) is 11.4 Å². The number of benzene rings is 1. The predicted octanol–water partition coefficient (Wildman–Crippen LogP) is 5.04. The minimum atomic E-state index is 0.195. The molecule has 2 unspecified atom stereocenters. The molecule has 0 aliphatic carbocycles. The lowest BCUT2D eigenvalue weighted by atomic mass is 10.1. The molecule has 0 amide bonds. The second-order valence-electron chi connectivity index (χ2n) is 8.10. The van der Waals surface area contributed by atoms with Gasteiger partial charge in [0, 0.05) is 37.9 Å². The average Bonchev–Trinajstić information content (AvgIpc) is 3.20. The Hall–Kier alpha value is -3.28. The van der Waals surface area contributed by atoms with Gasteiger partial charge < -0.3 is 19.6 Å². The maximum Gasteiger partial charge on any atom is 0.153 e. The summed E-state index contributed by atoms with van der Waals surface area (Å²) >= 11 is 0. The minimum Gasteiger partial charge on any atom is -0.337 e. The zero-order valence-corrected chi connectivity index (χ0v) is 18.2. The third-order valence-corrected chi connectivity index (χ3v) is 6.56. The second-order valence-corrected chi connectivity index (χ2v) is 8.10. The largest absolute Gasteiger partial charge is 0.337 e. The molecular weight excluding hydrogens is 372 g/mol. The lowest BCUT2D eigenvalue weighted by Gasteiger charge is -2.34. The number of rotatable bonds is 3. The standard InChI is InChI=1S/C24H28N6/c1-6-22-28(5)24-21(13-9-15-26-24)30(22)19-11-7-10-18(16(19)2)29-17(3)27(4)23-20(29)12-8-14-25-23/h7-15,17,22H,6H2,1-5H3. The van der Waals surface area contributed by atoms with E-state index < -0.39 is 0 Å². The van der Waals surface area contributed by atoms with Crippen molar-refractivity contribution in [2.75, 3.05) is 33.7 Å². The van der Waals surface area contributed by atoms with E-state index in [1.807, 2.05) is 24.5 Å². The van der Waals surface area contributed by atoms with Crippen molar-refractivity contribution in [1.82, 2.24) is 9.97 Å². The summed E-state index contributed by atoms with van der Waals surface area (Å²) in [7, 11) is 4.25. The number of nitrogens with zero attached hydrogens (tertiary/aromatic N) is 6. The van der Waals surface area contributed by atoms with Crippen LogP contribution in [0.15, 0.2) is 54.9 Å². The van der Waals surface area contributed by atoms with Gasteiger partial charge in [-0.1, -0.05) is 13.0 Å².